The van der Waals surface area contributed by atoms with Crippen LogP contribution in [-0.4, -0.2) is 46.4 Å². The lowest BCUT2D eigenvalue weighted by molar-refractivity contribution is -0.143. The summed E-state index contributed by atoms with van der Waals surface area (Å²) in [7, 11) is 0. The topological polar surface area (TPSA) is 95.3 Å². The lowest BCUT2D eigenvalue weighted by atomic mass is 10.3. The van der Waals surface area contributed by atoms with Crippen LogP contribution in [0.4, 0.5) is 0 Å². The maximum absolute atomic E-state index is 12.0. The first-order valence-electron chi connectivity index (χ1n) is 5.81. The molecule has 1 aromatic rings. The highest BCUT2D eigenvalue weighted by Gasteiger charge is 2.19. The minimum Gasteiger partial charge on any atom is -0.465 e. The fraction of sp³-hybridized carbons (Fsp3) is 0.545. The molecule has 0 bridgehead atoms. The van der Waals surface area contributed by atoms with Crippen molar-refractivity contribution in [1.82, 2.24) is 14.9 Å². The molecule has 0 unspecified atom stereocenters. The summed E-state index contributed by atoms with van der Waals surface area (Å²) < 4.78 is 4.80. The molecule has 0 fully saturated rings. The zero-order valence-corrected chi connectivity index (χ0v) is 10.5. The summed E-state index contributed by atoms with van der Waals surface area (Å²) in [5, 5.41) is 0. The number of hydrogen-bond acceptors (Lipinski definition) is 4. The van der Waals surface area contributed by atoms with Crippen LogP contribution in [0.3, 0.4) is 0 Å². The number of aromatic amines is 2. The van der Waals surface area contributed by atoms with Gasteiger partial charge in [-0.1, -0.05) is 6.92 Å². The van der Waals surface area contributed by atoms with Crippen molar-refractivity contribution in [2.75, 3.05) is 19.7 Å². The largest absolute Gasteiger partial charge is 0.465 e. The second-order valence-electron chi connectivity index (χ2n) is 3.69. The minimum atomic E-state index is -0.461. The number of carbonyl (C=O) groups is 2. The Morgan fingerprint density at radius 3 is 2.61 bits per heavy atom. The van der Waals surface area contributed by atoms with Gasteiger partial charge in [0.05, 0.1) is 6.61 Å². The van der Waals surface area contributed by atoms with Crippen LogP contribution in [0, 0.1) is 0 Å². The number of aromatic nitrogens is 2. The number of nitrogens with zero attached hydrogens (tertiary/aromatic N) is 1. The Morgan fingerprint density at radius 2 is 2.11 bits per heavy atom. The van der Waals surface area contributed by atoms with Gasteiger partial charge >= 0.3 is 11.7 Å². The first-order chi connectivity index (χ1) is 8.58. The Hall–Kier alpha value is -2.05. The van der Waals surface area contributed by atoms with Crippen molar-refractivity contribution in [3.63, 3.8) is 0 Å². The monoisotopic (exact) mass is 255 g/mol. The van der Waals surface area contributed by atoms with Crippen LogP contribution in [0.15, 0.2) is 11.0 Å². The summed E-state index contributed by atoms with van der Waals surface area (Å²) in [6.07, 6.45) is 2.00. The summed E-state index contributed by atoms with van der Waals surface area (Å²) in [5.74, 6) is -0.861. The average molecular weight is 255 g/mol. The van der Waals surface area contributed by atoms with Crippen molar-refractivity contribution >= 4 is 11.9 Å². The van der Waals surface area contributed by atoms with Gasteiger partial charge in [-0.05, 0) is 13.3 Å². The maximum atomic E-state index is 12.0. The van der Waals surface area contributed by atoms with E-state index in [1.165, 1.54) is 11.1 Å². The Balaban J connectivity index is 2.74. The molecule has 18 heavy (non-hydrogen) atoms. The summed E-state index contributed by atoms with van der Waals surface area (Å²) >= 11 is 0. The second-order valence-corrected chi connectivity index (χ2v) is 3.69. The molecule has 0 spiro atoms. The predicted octanol–water partition coefficient (Wildman–Crippen LogP) is 0.118. The fourth-order valence-electron chi connectivity index (χ4n) is 1.50. The number of carbonyl (C=O) groups excluding carboxylic acids is 2. The van der Waals surface area contributed by atoms with Gasteiger partial charge in [-0.15, -0.1) is 0 Å². The maximum Gasteiger partial charge on any atom is 0.325 e. The van der Waals surface area contributed by atoms with E-state index in [0.29, 0.717) is 13.0 Å². The number of amides is 1. The molecule has 1 amide bonds. The highest BCUT2D eigenvalue weighted by atomic mass is 16.5. The van der Waals surface area contributed by atoms with E-state index in [1.807, 2.05) is 6.92 Å². The fourth-order valence-corrected chi connectivity index (χ4v) is 1.50. The lowest BCUT2D eigenvalue weighted by Crippen LogP contribution is -2.37. The standard InChI is InChI=1S/C11H17N3O4/c1-3-5-14(7-9(15)18-4-2)10(16)8-6-12-11(17)13-8/h6H,3-5,7H2,1-2H3,(H2,12,13,17). The third kappa shape index (κ3) is 3.76. The molecule has 7 nitrogen and oxygen atoms in total. The van der Waals surface area contributed by atoms with E-state index < -0.39 is 17.6 Å². The summed E-state index contributed by atoms with van der Waals surface area (Å²) in [6.45, 7) is 4.17. The molecule has 100 valence electrons. The number of nitrogens with one attached hydrogen (secondary N) is 2. The van der Waals surface area contributed by atoms with Crippen LogP contribution in [0.25, 0.3) is 0 Å². The van der Waals surface area contributed by atoms with Crippen molar-refractivity contribution < 1.29 is 14.3 Å². The van der Waals surface area contributed by atoms with E-state index in [1.54, 1.807) is 6.92 Å². The molecule has 1 aromatic heterocycles. The van der Waals surface area contributed by atoms with Gasteiger partial charge in [0.2, 0.25) is 0 Å². The molecule has 0 saturated carbocycles. The van der Waals surface area contributed by atoms with E-state index >= 15 is 0 Å². The molecule has 1 heterocycles. The van der Waals surface area contributed by atoms with Crippen molar-refractivity contribution in [2.45, 2.75) is 20.3 Å². The number of rotatable bonds is 6. The van der Waals surface area contributed by atoms with E-state index in [0.717, 1.165) is 0 Å². The van der Waals surface area contributed by atoms with Gasteiger partial charge in [0, 0.05) is 12.7 Å². The Bertz CT molecular complexity index is 463. The normalized spacial score (nSPS) is 10.1. The molecule has 0 aliphatic rings. The number of imidazole rings is 1. The molecule has 2 N–H and O–H groups in total. The minimum absolute atomic E-state index is 0.117. The predicted molar refractivity (Wildman–Crippen MR) is 64.2 cm³/mol. The molecule has 0 atom stereocenters. The van der Waals surface area contributed by atoms with Gasteiger partial charge in [-0.2, -0.15) is 0 Å². The molecule has 0 aromatic carbocycles. The summed E-state index contributed by atoms with van der Waals surface area (Å²) in [4.78, 5) is 40.4. The number of esters is 1. The summed E-state index contributed by atoms with van der Waals surface area (Å²) in [5.41, 5.74) is -0.316. The van der Waals surface area contributed by atoms with Gasteiger partial charge in [-0.25, -0.2) is 4.79 Å². The van der Waals surface area contributed by atoms with E-state index in [4.69, 9.17) is 4.74 Å². The molecule has 7 heteroatoms. The van der Waals surface area contributed by atoms with Crippen LogP contribution in [0.1, 0.15) is 30.8 Å². The molecule has 0 aliphatic heterocycles. The second kappa shape index (κ2) is 6.63. The third-order valence-corrected chi connectivity index (χ3v) is 2.23. The average Bonchev–Trinajstić information content (AvgIpc) is 2.75. The van der Waals surface area contributed by atoms with Crippen LogP contribution in [-0.2, 0) is 9.53 Å². The van der Waals surface area contributed by atoms with Crippen LogP contribution in [0.5, 0.6) is 0 Å². The Labute approximate surface area is 104 Å². The van der Waals surface area contributed by atoms with Crippen LogP contribution >= 0.6 is 0 Å². The third-order valence-electron chi connectivity index (χ3n) is 2.23. The van der Waals surface area contributed by atoms with Crippen LogP contribution < -0.4 is 5.69 Å². The smallest absolute Gasteiger partial charge is 0.325 e. The van der Waals surface area contributed by atoms with Crippen molar-refractivity contribution in [1.29, 1.82) is 0 Å². The van der Waals surface area contributed by atoms with E-state index in [9.17, 15) is 14.4 Å². The lowest BCUT2D eigenvalue weighted by Gasteiger charge is -2.19. The first-order valence-corrected chi connectivity index (χ1v) is 5.81. The van der Waals surface area contributed by atoms with Crippen molar-refractivity contribution in [3.05, 3.63) is 22.4 Å². The zero-order valence-electron chi connectivity index (χ0n) is 10.5. The van der Waals surface area contributed by atoms with Gasteiger partial charge in [0.25, 0.3) is 5.91 Å². The number of ether oxygens (including phenoxy) is 1. The van der Waals surface area contributed by atoms with Gasteiger partial charge in [0.1, 0.15) is 12.2 Å². The molecular formula is C11H17N3O4. The molecular weight excluding hydrogens is 238 g/mol. The highest BCUT2D eigenvalue weighted by Crippen LogP contribution is 2.01. The quantitative estimate of drug-likeness (QED) is 0.706. The highest BCUT2D eigenvalue weighted by molar-refractivity contribution is 5.94. The molecule has 0 radical (unpaired) electrons. The van der Waals surface area contributed by atoms with E-state index in [2.05, 4.69) is 9.97 Å². The van der Waals surface area contributed by atoms with Gasteiger partial charge in [0.15, 0.2) is 0 Å². The van der Waals surface area contributed by atoms with E-state index in [-0.39, 0.29) is 18.8 Å². The Morgan fingerprint density at radius 1 is 1.39 bits per heavy atom. The molecule has 0 aliphatic carbocycles. The summed E-state index contributed by atoms with van der Waals surface area (Å²) in [6, 6.07) is 0. The Kier molecular flexibility index (Phi) is 5.16. The van der Waals surface area contributed by atoms with Crippen molar-refractivity contribution in [3.8, 4) is 0 Å². The first kappa shape index (κ1) is 14.0. The molecule has 0 saturated heterocycles. The zero-order chi connectivity index (χ0) is 13.5. The number of hydrogen-bond donors (Lipinski definition) is 2. The SMILES string of the molecule is CCCN(CC(=O)OCC)C(=O)c1c[nH]c(=O)[nH]1. The van der Waals surface area contributed by atoms with Gasteiger partial charge in [-0.3, -0.25) is 9.59 Å². The van der Waals surface area contributed by atoms with Crippen LogP contribution in [0.2, 0.25) is 0 Å². The van der Waals surface area contributed by atoms with Gasteiger partial charge < -0.3 is 19.6 Å². The van der Waals surface area contributed by atoms with Crippen molar-refractivity contribution in [2.24, 2.45) is 0 Å². The molecule has 1 rings (SSSR count). The number of H-pyrrole nitrogens is 2.